The van der Waals surface area contributed by atoms with Crippen LogP contribution in [0.5, 0.6) is 0 Å². The highest BCUT2D eigenvalue weighted by molar-refractivity contribution is 7.89. The van der Waals surface area contributed by atoms with Crippen LogP contribution in [-0.2, 0) is 40.2 Å². The van der Waals surface area contributed by atoms with Gasteiger partial charge in [-0.15, -0.1) is 0 Å². The topological polar surface area (TPSA) is 120 Å². The second-order valence-corrected chi connectivity index (χ2v) is 10.4. The Morgan fingerprint density at radius 2 is 1.83 bits per heavy atom. The lowest BCUT2D eigenvalue weighted by molar-refractivity contribution is -0.163. The first-order valence-corrected chi connectivity index (χ1v) is 13.7. The zero-order valence-electron chi connectivity index (χ0n) is 20.1. The SMILES string of the molecule is CCOC(=O)Cc1ccc(NC(=O)C(CCOC2CCCCO2)NS(=O)(=O)c2ccc(Cl)cc2)cc1. The third kappa shape index (κ3) is 8.86. The standard InChI is InChI=1S/C25H31ClN2O7S/c1-2-33-23(29)17-18-6-10-20(11-7-18)27-25(30)22(14-16-35-24-5-3-4-15-34-24)28-36(31,32)21-12-8-19(26)9-13-21/h6-13,22,24,28H,2-5,14-17H2,1H3,(H,27,30). The van der Waals surface area contributed by atoms with Crippen molar-refractivity contribution < 1.29 is 32.2 Å². The van der Waals surface area contributed by atoms with Crippen LogP contribution in [0.4, 0.5) is 5.69 Å². The smallest absolute Gasteiger partial charge is 0.310 e. The molecular weight excluding hydrogens is 508 g/mol. The molecule has 1 aliphatic heterocycles. The fraction of sp³-hybridized carbons (Fsp3) is 0.440. The Hall–Kier alpha value is -2.50. The summed E-state index contributed by atoms with van der Waals surface area (Å²) < 4.78 is 44.5. The molecule has 11 heteroatoms. The van der Waals surface area contributed by atoms with Crippen molar-refractivity contribution in [2.24, 2.45) is 0 Å². The van der Waals surface area contributed by atoms with Crippen LogP contribution >= 0.6 is 11.6 Å². The van der Waals surface area contributed by atoms with Crippen molar-refractivity contribution in [3.8, 4) is 0 Å². The summed E-state index contributed by atoms with van der Waals surface area (Å²) in [5.41, 5.74) is 1.19. The third-order valence-corrected chi connectivity index (χ3v) is 7.20. The van der Waals surface area contributed by atoms with Gasteiger partial charge in [0.15, 0.2) is 6.29 Å². The van der Waals surface area contributed by atoms with Crippen molar-refractivity contribution in [1.29, 1.82) is 0 Å². The maximum absolute atomic E-state index is 13.1. The molecule has 0 spiro atoms. The van der Waals surface area contributed by atoms with Crippen LogP contribution in [0, 0.1) is 0 Å². The molecule has 1 heterocycles. The maximum Gasteiger partial charge on any atom is 0.310 e. The Morgan fingerprint density at radius 1 is 1.11 bits per heavy atom. The molecule has 1 aliphatic rings. The second-order valence-electron chi connectivity index (χ2n) is 8.25. The normalized spacial score (nSPS) is 16.8. The van der Waals surface area contributed by atoms with Gasteiger partial charge in [-0.2, -0.15) is 4.72 Å². The summed E-state index contributed by atoms with van der Waals surface area (Å²) >= 11 is 5.87. The van der Waals surface area contributed by atoms with E-state index in [9.17, 15) is 18.0 Å². The Morgan fingerprint density at radius 3 is 2.47 bits per heavy atom. The van der Waals surface area contributed by atoms with Crippen molar-refractivity contribution in [3.05, 3.63) is 59.1 Å². The summed E-state index contributed by atoms with van der Waals surface area (Å²) in [6.07, 6.45) is 2.58. The molecule has 0 saturated carbocycles. The predicted octanol–water partition coefficient (Wildman–Crippen LogP) is 3.66. The number of hydrogen-bond acceptors (Lipinski definition) is 7. The van der Waals surface area contributed by atoms with E-state index in [0.717, 1.165) is 24.8 Å². The molecule has 1 amide bonds. The largest absolute Gasteiger partial charge is 0.466 e. The van der Waals surface area contributed by atoms with E-state index in [1.54, 1.807) is 31.2 Å². The number of anilines is 1. The molecule has 2 unspecified atom stereocenters. The Labute approximate surface area is 216 Å². The van der Waals surface area contributed by atoms with Crippen LogP contribution in [0.1, 0.15) is 38.2 Å². The van der Waals surface area contributed by atoms with E-state index in [2.05, 4.69) is 10.0 Å². The lowest BCUT2D eigenvalue weighted by atomic mass is 10.1. The van der Waals surface area contributed by atoms with Crippen molar-refractivity contribution >= 4 is 39.2 Å². The average Bonchev–Trinajstić information content (AvgIpc) is 2.85. The van der Waals surface area contributed by atoms with Crippen LogP contribution in [0.2, 0.25) is 5.02 Å². The average molecular weight is 539 g/mol. The van der Waals surface area contributed by atoms with E-state index in [4.69, 9.17) is 25.8 Å². The number of halogens is 1. The number of amides is 1. The van der Waals surface area contributed by atoms with E-state index < -0.39 is 22.0 Å². The van der Waals surface area contributed by atoms with Crippen LogP contribution in [-0.4, -0.2) is 52.4 Å². The molecule has 1 fully saturated rings. The van der Waals surface area contributed by atoms with Crippen LogP contribution in [0.25, 0.3) is 0 Å². The first kappa shape index (κ1) is 28.1. The molecule has 1 saturated heterocycles. The van der Waals surface area contributed by atoms with E-state index in [-0.39, 0.29) is 36.6 Å². The van der Waals surface area contributed by atoms with Gasteiger partial charge in [0.05, 0.1) is 24.5 Å². The minimum absolute atomic E-state index is 0.00968. The molecule has 196 valence electrons. The van der Waals surface area contributed by atoms with Crippen LogP contribution < -0.4 is 10.0 Å². The summed E-state index contributed by atoms with van der Waals surface area (Å²) in [4.78, 5) is 24.7. The lowest BCUT2D eigenvalue weighted by Gasteiger charge is -2.24. The summed E-state index contributed by atoms with van der Waals surface area (Å²) in [5, 5.41) is 3.13. The van der Waals surface area contributed by atoms with Gasteiger partial charge in [-0.05, 0) is 74.6 Å². The molecule has 2 N–H and O–H groups in total. The molecule has 36 heavy (non-hydrogen) atoms. The van der Waals surface area contributed by atoms with E-state index in [0.29, 0.717) is 23.9 Å². The van der Waals surface area contributed by atoms with E-state index in [1.165, 1.54) is 24.3 Å². The first-order valence-electron chi connectivity index (χ1n) is 11.8. The number of nitrogens with one attached hydrogen (secondary N) is 2. The highest BCUT2D eigenvalue weighted by atomic mass is 35.5. The molecule has 3 rings (SSSR count). The van der Waals surface area contributed by atoms with Gasteiger partial charge in [0.2, 0.25) is 15.9 Å². The first-order chi connectivity index (χ1) is 17.3. The molecule has 0 radical (unpaired) electrons. The third-order valence-electron chi connectivity index (χ3n) is 5.46. The number of hydrogen-bond donors (Lipinski definition) is 2. The zero-order valence-corrected chi connectivity index (χ0v) is 21.6. The minimum Gasteiger partial charge on any atom is -0.466 e. The maximum atomic E-state index is 13.1. The molecule has 2 aromatic carbocycles. The summed E-state index contributed by atoms with van der Waals surface area (Å²) in [7, 11) is -4.00. The fourth-order valence-electron chi connectivity index (χ4n) is 3.59. The van der Waals surface area contributed by atoms with Gasteiger partial charge in [0.1, 0.15) is 6.04 Å². The number of benzene rings is 2. The molecule has 0 aromatic heterocycles. The summed E-state index contributed by atoms with van der Waals surface area (Å²) in [6, 6.07) is 11.2. The van der Waals surface area contributed by atoms with E-state index >= 15 is 0 Å². The monoisotopic (exact) mass is 538 g/mol. The van der Waals surface area contributed by atoms with Crippen molar-refractivity contribution in [3.63, 3.8) is 0 Å². The number of rotatable bonds is 12. The number of sulfonamides is 1. The number of carbonyl (C=O) groups excluding carboxylic acids is 2. The van der Waals surface area contributed by atoms with Gasteiger partial charge in [0, 0.05) is 17.3 Å². The second kappa shape index (κ2) is 13.7. The van der Waals surface area contributed by atoms with Gasteiger partial charge in [-0.3, -0.25) is 9.59 Å². The zero-order chi connectivity index (χ0) is 26.0. The fourth-order valence-corrected chi connectivity index (χ4v) is 4.94. The van der Waals surface area contributed by atoms with Gasteiger partial charge >= 0.3 is 5.97 Å². The molecular formula is C25H31ClN2O7S. The Kier molecular flexibility index (Phi) is 10.7. The van der Waals surface area contributed by atoms with Gasteiger partial charge in [-0.1, -0.05) is 23.7 Å². The van der Waals surface area contributed by atoms with Gasteiger partial charge in [0.25, 0.3) is 0 Å². The highest BCUT2D eigenvalue weighted by Gasteiger charge is 2.27. The Balaban J connectivity index is 1.67. The summed E-state index contributed by atoms with van der Waals surface area (Å²) in [5.74, 6) is -0.883. The van der Waals surface area contributed by atoms with Gasteiger partial charge < -0.3 is 19.5 Å². The molecule has 0 aliphatic carbocycles. The summed E-state index contributed by atoms with van der Waals surface area (Å²) in [6.45, 7) is 2.78. The number of esters is 1. The van der Waals surface area contributed by atoms with Gasteiger partial charge in [-0.25, -0.2) is 8.42 Å². The van der Waals surface area contributed by atoms with Crippen LogP contribution in [0.3, 0.4) is 0 Å². The Bertz CT molecular complexity index is 1100. The minimum atomic E-state index is -4.00. The number of ether oxygens (including phenoxy) is 3. The van der Waals surface area contributed by atoms with Crippen LogP contribution in [0.15, 0.2) is 53.4 Å². The quantitative estimate of drug-likeness (QED) is 0.396. The van der Waals surface area contributed by atoms with E-state index in [1.807, 2.05) is 0 Å². The predicted molar refractivity (Wildman–Crippen MR) is 135 cm³/mol. The molecule has 9 nitrogen and oxygen atoms in total. The molecule has 0 bridgehead atoms. The molecule has 2 aromatic rings. The van der Waals surface area contributed by atoms with Crippen molar-refractivity contribution in [1.82, 2.24) is 4.72 Å². The molecule has 2 atom stereocenters. The number of carbonyl (C=O) groups is 2. The lowest BCUT2D eigenvalue weighted by Crippen LogP contribution is -2.44. The van der Waals surface area contributed by atoms with Crippen molar-refractivity contribution in [2.45, 2.75) is 56.3 Å². The van der Waals surface area contributed by atoms with Crippen molar-refractivity contribution in [2.75, 3.05) is 25.1 Å². The highest BCUT2D eigenvalue weighted by Crippen LogP contribution is 2.18.